The van der Waals surface area contributed by atoms with Crippen LogP contribution in [0.1, 0.15) is 36.8 Å². The Kier molecular flexibility index (Phi) is 5.95. The number of rotatable bonds is 7. The second kappa shape index (κ2) is 7.76. The van der Waals surface area contributed by atoms with Crippen LogP contribution in [-0.2, 0) is 15.6 Å². The zero-order valence-electron chi connectivity index (χ0n) is 13.3. The van der Waals surface area contributed by atoms with E-state index in [9.17, 15) is 13.2 Å². The van der Waals surface area contributed by atoms with Gasteiger partial charge < -0.3 is 9.84 Å². The van der Waals surface area contributed by atoms with Gasteiger partial charge >= 0.3 is 11.8 Å². The maximum Gasteiger partial charge on any atom is 0.315 e. The fraction of sp³-hybridized carbons (Fsp3) is 0.400. The summed E-state index contributed by atoms with van der Waals surface area (Å²) < 4.78 is 29.4. The van der Waals surface area contributed by atoms with E-state index in [0.717, 1.165) is 6.42 Å². The van der Waals surface area contributed by atoms with E-state index < -0.39 is 21.5 Å². The molecule has 24 heavy (non-hydrogen) atoms. The van der Waals surface area contributed by atoms with E-state index in [1.54, 1.807) is 0 Å². The highest BCUT2D eigenvalue weighted by Gasteiger charge is 2.21. The van der Waals surface area contributed by atoms with Crippen molar-refractivity contribution >= 4 is 27.3 Å². The molecule has 0 saturated carbocycles. The van der Waals surface area contributed by atoms with Crippen molar-refractivity contribution in [3.8, 4) is 0 Å². The van der Waals surface area contributed by atoms with E-state index >= 15 is 0 Å². The summed E-state index contributed by atoms with van der Waals surface area (Å²) in [6.45, 7) is 4.56. The Labute approximate surface area is 145 Å². The summed E-state index contributed by atoms with van der Waals surface area (Å²) in [6.07, 6.45) is 0.817. The standard InChI is InChI=1S/C15H18ClN3O4S/c1-10(2)7-8-17-14(20)15-18-13(19-23-15)9-24(21,22)12-5-3-11(16)4-6-12/h3-6,10H,7-9H2,1-2H3,(H,17,20). The van der Waals surface area contributed by atoms with Gasteiger partial charge in [-0.1, -0.05) is 30.6 Å². The minimum absolute atomic E-state index is 0.0704. The van der Waals surface area contributed by atoms with Crippen molar-refractivity contribution in [3.05, 3.63) is 41.0 Å². The van der Waals surface area contributed by atoms with Gasteiger partial charge in [-0.2, -0.15) is 4.98 Å². The lowest BCUT2D eigenvalue weighted by molar-refractivity contribution is 0.0908. The fourth-order valence-corrected chi connectivity index (χ4v) is 3.15. The first-order valence-corrected chi connectivity index (χ1v) is 9.40. The third-order valence-electron chi connectivity index (χ3n) is 3.16. The number of halogens is 1. The fourth-order valence-electron chi connectivity index (χ4n) is 1.85. The molecule has 1 heterocycles. The van der Waals surface area contributed by atoms with Crippen LogP contribution in [0.2, 0.25) is 5.02 Å². The summed E-state index contributed by atoms with van der Waals surface area (Å²) in [4.78, 5) is 15.8. The number of hydrogen-bond acceptors (Lipinski definition) is 6. The molecule has 1 N–H and O–H groups in total. The third kappa shape index (κ3) is 5.04. The molecule has 7 nitrogen and oxygen atoms in total. The van der Waals surface area contributed by atoms with Gasteiger partial charge in [0.1, 0.15) is 5.75 Å². The second-order valence-electron chi connectivity index (χ2n) is 5.67. The smallest absolute Gasteiger partial charge is 0.315 e. The lowest BCUT2D eigenvalue weighted by Gasteiger charge is -2.04. The van der Waals surface area contributed by atoms with Crippen LogP contribution in [0.25, 0.3) is 0 Å². The SMILES string of the molecule is CC(C)CCNC(=O)c1nc(CS(=O)(=O)c2ccc(Cl)cc2)no1. The van der Waals surface area contributed by atoms with Gasteiger partial charge in [0.05, 0.1) is 4.90 Å². The largest absolute Gasteiger partial charge is 0.348 e. The first kappa shape index (κ1) is 18.4. The van der Waals surface area contributed by atoms with Crippen LogP contribution in [0.4, 0.5) is 0 Å². The second-order valence-corrected chi connectivity index (χ2v) is 8.09. The highest BCUT2D eigenvalue weighted by molar-refractivity contribution is 7.90. The number of aromatic nitrogens is 2. The summed E-state index contributed by atoms with van der Waals surface area (Å²) in [6, 6.07) is 5.77. The predicted octanol–water partition coefficient (Wildman–Crippen LogP) is 2.47. The maximum absolute atomic E-state index is 12.3. The Balaban J connectivity index is 2.02. The number of amides is 1. The molecule has 0 spiro atoms. The average molecular weight is 372 g/mol. The Hall–Kier alpha value is -1.93. The quantitative estimate of drug-likeness (QED) is 0.802. The number of nitrogens with one attached hydrogen (secondary N) is 1. The number of sulfone groups is 1. The molecule has 0 unspecified atom stereocenters. The van der Waals surface area contributed by atoms with Crippen molar-refractivity contribution in [3.63, 3.8) is 0 Å². The highest BCUT2D eigenvalue weighted by Crippen LogP contribution is 2.18. The molecule has 0 saturated heterocycles. The van der Waals surface area contributed by atoms with E-state index in [0.29, 0.717) is 17.5 Å². The predicted molar refractivity (Wildman–Crippen MR) is 88.4 cm³/mol. The molecule has 1 aromatic carbocycles. The van der Waals surface area contributed by atoms with Gasteiger partial charge in [0.25, 0.3) is 0 Å². The van der Waals surface area contributed by atoms with Crippen LogP contribution in [0.5, 0.6) is 0 Å². The van der Waals surface area contributed by atoms with Crippen LogP contribution >= 0.6 is 11.6 Å². The molecule has 1 amide bonds. The molecule has 9 heteroatoms. The summed E-state index contributed by atoms with van der Waals surface area (Å²) >= 11 is 5.74. The van der Waals surface area contributed by atoms with Gasteiger partial charge in [-0.15, -0.1) is 0 Å². The third-order valence-corrected chi connectivity index (χ3v) is 5.04. The van der Waals surface area contributed by atoms with Crippen LogP contribution in [-0.4, -0.2) is 31.0 Å². The summed E-state index contributed by atoms with van der Waals surface area (Å²) in [5.74, 6) is -0.845. The summed E-state index contributed by atoms with van der Waals surface area (Å²) in [5, 5.41) is 6.64. The van der Waals surface area contributed by atoms with E-state index in [2.05, 4.69) is 15.5 Å². The molecule has 0 aliphatic carbocycles. The van der Waals surface area contributed by atoms with Crippen LogP contribution in [0.15, 0.2) is 33.7 Å². The van der Waals surface area contributed by atoms with Crippen molar-refractivity contribution in [1.82, 2.24) is 15.5 Å². The van der Waals surface area contributed by atoms with Crippen LogP contribution in [0.3, 0.4) is 0 Å². The van der Waals surface area contributed by atoms with Crippen molar-refractivity contribution < 1.29 is 17.7 Å². The number of benzene rings is 1. The van der Waals surface area contributed by atoms with Crippen molar-refractivity contribution in [2.45, 2.75) is 30.9 Å². The molecule has 0 aliphatic rings. The van der Waals surface area contributed by atoms with E-state index in [4.69, 9.17) is 16.1 Å². The Morgan fingerprint density at radius 2 is 1.96 bits per heavy atom. The monoisotopic (exact) mass is 371 g/mol. The number of carbonyl (C=O) groups is 1. The first-order valence-electron chi connectivity index (χ1n) is 7.37. The first-order chi connectivity index (χ1) is 11.3. The van der Waals surface area contributed by atoms with Gasteiger partial charge in [0.15, 0.2) is 15.7 Å². The number of carbonyl (C=O) groups excluding carboxylic acids is 1. The maximum atomic E-state index is 12.3. The number of hydrogen-bond donors (Lipinski definition) is 1. The van der Waals surface area contributed by atoms with Gasteiger partial charge in [-0.05, 0) is 36.6 Å². The van der Waals surface area contributed by atoms with E-state index in [1.807, 2.05) is 13.8 Å². The van der Waals surface area contributed by atoms with Gasteiger partial charge in [0.2, 0.25) is 0 Å². The van der Waals surface area contributed by atoms with Gasteiger partial charge in [0, 0.05) is 11.6 Å². The topological polar surface area (TPSA) is 102 Å². The summed E-state index contributed by atoms with van der Waals surface area (Å²) in [7, 11) is -3.65. The molecule has 2 aromatic rings. The van der Waals surface area contributed by atoms with Gasteiger partial charge in [-0.3, -0.25) is 4.79 Å². The zero-order valence-corrected chi connectivity index (χ0v) is 14.9. The molecule has 0 radical (unpaired) electrons. The zero-order chi connectivity index (χ0) is 17.7. The van der Waals surface area contributed by atoms with Crippen molar-refractivity contribution in [2.75, 3.05) is 6.54 Å². The lowest BCUT2D eigenvalue weighted by atomic mass is 10.1. The minimum atomic E-state index is -3.65. The Morgan fingerprint density at radius 3 is 2.58 bits per heavy atom. The van der Waals surface area contributed by atoms with E-state index in [-0.39, 0.29) is 16.6 Å². The molecule has 130 valence electrons. The van der Waals surface area contributed by atoms with Crippen molar-refractivity contribution in [1.29, 1.82) is 0 Å². The molecule has 1 aromatic heterocycles. The molecule has 0 fully saturated rings. The Bertz CT molecular complexity index is 800. The molecule has 0 bridgehead atoms. The van der Waals surface area contributed by atoms with Gasteiger partial charge in [-0.25, -0.2) is 8.42 Å². The summed E-state index contributed by atoms with van der Waals surface area (Å²) in [5.41, 5.74) is 0. The van der Waals surface area contributed by atoms with Crippen LogP contribution in [0, 0.1) is 5.92 Å². The van der Waals surface area contributed by atoms with E-state index in [1.165, 1.54) is 24.3 Å². The van der Waals surface area contributed by atoms with Crippen LogP contribution < -0.4 is 5.32 Å². The highest BCUT2D eigenvalue weighted by atomic mass is 35.5. The average Bonchev–Trinajstić information content (AvgIpc) is 2.95. The normalized spacial score (nSPS) is 11.7. The molecule has 0 aliphatic heterocycles. The molecule has 2 rings (SSSR count). The molecule has 0 atom stereocenters. The minimum Gasteiger partial charge on any atom is -0.348 e. The molecular weight excluding hydrogens is 354 g/mol. The Morgan fingerprint density at radius 1 is 1.29 bits per heavy atom. The van der Waals surface area contributed by atoms with Crippen molar-refractivity contribution in [2.24, 2.45) is 5.92 Å². The molecular formula is C15H18ClN3O4S. The lowest BCUT2D eigenvalue weighted by Crippen LogP contribution is -2.25. The number of nitrogens with zero attached hydrogens (tertiary/aromatic N) is 2.